The van der Waals surface area contributed by atoms with E-state index in [0.29, 0.717) is 12.8 Å². The third-order valence-corrected chi connectivity index (χ3v) is 0.812. The highest BCUT2D eigenvalue weighted by Crippen LogP contribution is 1.91. The summed E-state index contributed by atoms with van der Waals surface area (Å²) in [5, 5.41) is 8.21. The maximum absolute atomic E-state index is 9.90. The first-order chi connectivity index (χ1) is 3.77. The number of aliphatic hydroxyl groups excluding tert-OH is 1. The number of hydrogen-bond acceptors (Lipinski definition) is 2. The Hall–Kier alpha value is -0.570. The molecular weight excluding hydrogens is 106 g/mol. The van der Waals surface area contributed by atoms with Crippen molar-refractivity contribution in [3.63, 3.8) is 0 Å². The van der Waals surface area contributed by atoms with Gasteiger partial charge in [-0.1, -0.05) is 0 Å². The summed E-state index contributed by atoms with van der Waals surface area (Å²) in [6.07, 6.45) is 1.55. The third-order valence-electron chi connectivity index (χ3n) is 0.812. The summed E-state index contributed by atoms with van der Waals surface area (Å²) in [5.74, 6) is -0.543. The van der Waals surface area contributed by atoms with Crippen molar-refractivity contribution in [1.29, 1.82) is 0 Å². The van der Waals surface area contributed by atoms with Crippen LogP contribution in [0.3, 0.4) is 0 Å². The number of hydrogen-bond donors (Lipinski definition) is 1. The smallest absolute Gasteiger partial charge is 0.238 e. The maximum atomic E-state index is 9.90. The molecule has 1 radical (unpaired) electrons. The molecule has 3 heteroatoms. The number of aliphatic hydroxyl groups is 1. The Balaban J connectivity index is 2.82. The van der Waals surface area contributed by atoms with Crippen molar-refractivity contribution in [3.05, 3.63) is 0 Å². The monoisotopic (exact) mass is 116 g/mol. The predicted octanol–water partition coefficient (Wildman–Crippen LogP) is -0.0415. The van der Waals surface area contributed by atoms with Gasteiger partial charge in [-0.3, -0.25) is 10.5 Å². The van der Waals surface area contributed by atoms with Gasteiger partial charge >= 0.3 is 0 Å². The van der Waals surface area contributed by atoms with Gasteiger partial charge in [0.2, 0.25) is 5.91 Å². The van der Waals surface area contributed by atoms with Gasteiger partial charge in [0, 0.05) is 13.0 Å². The average molecular weight is 116 g/mol. The lowest BCUT2D eigenvalue weighted by Crippen LogP contribution is -1.97. The zero-order chi connectivity index (χ0) is 6.41. The zero-order valence-electron chi connectivity index (χ0n) is 4.68. The molecule has 0 aromatic heterocycles. The van der Waals surface area contributed by atoms with E-state index in [9.17, 15) is 4.79 Å². The topological polar surface area (TPSA) is 61.1 Å². The molecule has 0 atom stereocenters. The van der Waals surface area contributed by atoms with Crippen molar-refractivity contribution in [3.8, 4) is 0 Å². The van der Waals surface area contributed by atoms with Gasteiger partial charge in [-0.2, -0.15) is 0 Å². The van der Waals surface area contributed by atoms with Gasteiger partial charge in [-0.15, -0.1) is 0 Å². The molecule has 0 fully saturated rings. The molecule has 0 saturated heterocycles. The zero-order valence-corrected chi connectivity index (χ0v) is 4.68. The van der Waals surface area contributed by atoms with Crippen LogP contribution in [0.25, 0.3) is 0 Å². The Bertz CT molecular complexity index is 72.8. The van der Waals surface area contributed by atoms with Gasteiger partial charge in [-0.05, 0) is 12.8 Å². The minimum absolute atomic E-state index is 0.118. The molecule has 47 valence electrons. The molecule has 0 aromatic carbocycles. The lowest BCUT2D eigenvalue weighted by molar-refractivity contribution is -0.118. The molecule has 0 aliphatic carbocycles. The quantitative estimate of drug-likeness (QED) is 0.524. The highest BCUT2D eigenvalue weighted by molar-refractivity contribution is 5.72. The van der Waals surface area contributed by atoms with E-state index < -0.39 is 5.91 Å². The first-order valence-electron chi connectivity index (χ1n) is 2.62. The van der Waals surface area contributed by atoms with Crippen molar-refractivity contribution >= 4 is 5.91 Å². The Morgan fingerprint density at radius 2 is 2.12 bits per heavy atom. The molecule has 3 nitrogen and oxygen atoms in total. The molecular formula is C5H10NO2. The van der Waals surface area contributed by atoms with Gasteiger partial charge in [-0.25, -0.2) is 0 Å². The van der Waals surface area contributed by atoms with E-state index in [0.717, 1.165) is 0 Å². The fourth-order valence-electron chi connectivity index (χ4n) is 0.397. The number of amides is 1. The Kier molecular flexibility index (Phi) is 4.26. The van der Waals surface area contributed by atoms with Crippen molar-refractivity contribution < 1.29 is 9.90 Å². The first-order valence-corrected chi connectivity index (χ1v) is 2.62. The molecule has 8 heavy (non-hydrogen) atoms. The lowest BCUT2D eigenvalue weighted by atomic mass is 10.2. The molecule has 0 heterocycles. The van der Waals surface area contributed by atoms with Crippen LogP contribution in [0.1, 0.15) is 19.3 Å². The number of nitrogens with one attached hydrogen (secondary N) is 1. The second-order valence-corrected chi connectivity index (χ2v) is 1.60. The van der Waals surface area contributed by atoms with Gasteiger partial charge in [0.15, 0.2) is 0 Å². The van der Waals surface area contributed by atoms with Crippen LogP contribution in [0.15, 0.2) is 0 Å². The fraction of sp³-hybridized carbons (Fsp3) is 0.800. The molecule has 2 N–H and O–H groups in total. The Morgan fingerprint density at radius 3 is 2.50 bits per heavy atom. The second-order valence-electron chi connectivity index (χ2n) is 1.60. The lowest BCUT2D eigenvalue weighted by Gasteiger charge is -1.89. The average Bonchev–Trinajstić information content (AvgIpc) is 1.66. The molecule has 0 unspecified atom stereocenters. The summed E-state index contributed by atoms with van der Waals surface area (Å²) in [4.78, 5) is 9.90. The van der Waals surface area contributed by atoms with E-state index in [1.54, 1.807) is 0 Å². The minimum Gasteiger partial charge on any atom is -0.396 e. The Morgan fingerprint density at radius 1 is 1.50 bits per heavy atom. The van der Waals surface area contributed by atoms with E-state index >= 15 is 0 Å². The van der Waals surface area contributed by atoms with Crippen LogP contribution in [0, 0.1) is 0 Å². The summed E-state index contributed by atoms with van der Waals surface area (Å²) in [5.41, 5.74) is 6.44. The van der Waals surface area contributed by atoms with E-state index in [-0.39, 0.29) is 13.0 Å². The molecule has 0 aliphatic rings. The molecule has 0 saturated carbocycles. The van der Waals surface area contributed by atoms with Crippen molar-refractivity contribution in [2.24, 2.45) is 0 Å². The number of rotatable bonds is 4. The van der Waals surface area contributed by atoms with Crippen LogP contribution in [0.5, 0.6) is 0 Å². The first kappa shape index (κ1) is 7.43. The molecule has 0 bridgehead atoms. The summed E-state index contributed by atoms with van der Waals surface area (Å²) in [6.45, 7) is 0.118. The van der Waals surface area contributed by atoms with Gasteiger partial charge < -0.3 is 5.11 Å². The van der Waals surface area contributed by atoms with Crippen LogP contribution in [-0.2, 0) is 4.79 Å². The summed E-state index contributed by atoms with van der Waals surface area (Å²) in [6, 6.07) is 0. The van der Waals surface area contributed by atoms with E-state index in [1.807, 2.05) is 0 Å². The van der Waals surface area contributed by atoms with Crippen LogP contribution in [-0.4, -0.2) is 17.6 Å². The van der Waals surface area contributed by atoms with E-state index in [2.05, 4.69) is 0 Å². The summed E-state index contributed by atoms with van der Waals surface area (Å²) in [7, 11) is 0. The fourth-order valence-corrected chi connectivity index (χ4v) is 0.397. The van der Waals surface area contributed by atoms with Crippen molar-refractivity contribution in [2.75, 3.05) is 6.61 Å². The number of unbranched alkanes of at least 4 members (excludes halogenated alkanes) is 1. The SMILES string of the molecule is [NH]C(=O)CCCCO. The number of carbonyl (C=O) groups excluding carboxylic acids is 1. The van der Waals surface area contributed by atoms with Gasteiger partial charge in [0.05, 0.1) is 0 Å². The maximum Gasteiger partial charge on any atom is 0.238 e. The predicted molar refractivity (Wildman–Crippen MR) is 29.0 cm³/mol. The summed E-state index contributed by atoms with van der Waals surface area (Å²) >= 11 is 0. The highest BCUT2D eigenvalue weighted by atomic mass is 16.2. The van der Waals surface area contributed by atoms with Crippen molar-refractivity contribution in [1.82, 2.24) is 5.73 Å². The van der Waals surface area contributed by atoms with Gasteiger partial charge in [0.25, 0.3) is 0 Å². The van der Waals surface area contributed by atoms with Crippen LogP contribution in [0.4, 0.5) is 0 Å². The summed E-state index contributed by atoms with van der Waals surface area (Å²) < 4.78 is 0. The van der Waals surface area contributed by atoms with E-state index in [1.165, 1.54) is 0 Å². The Labute approximate surface area is 48.5 Å². The van der Waals surface area contributed by atoms with Crippen LogP contribution in [0.2, 0.25) is 0 Å². The molecule has 0 aliphatic heterocycles. The van der Waals surface area contributed by atoms with Crippen LogP contribution < -0.4 is 5.73 Å². The highest BCUT2D eigenvalue weighted by Gasteiger charge is 1.92. The van der Waals surface area contributed by atoms with Gasteiger partial charge in [0.1, 0.15) is 0 Å². The second kappa shape index (κ2) is 4.59. The third kappa shape index (κ3) is 5.43. The van der Waals surface area contributed by atoms with Crippen molar-refractivity contribution in [2.45, 2.75) is 19.3 Å². The molecule has 0 rings (SSSR count). The standard InChI is InChI=1S/C5H10NO2/c6-5(8)3-1-2-4-7/h6-7H,1-4H2. The molecule has 0 aromatic rings. The van der Waals surface area contributed by atoms with E-state index in [4.69, 9.17) is 10.8 Å². The van der Waals surface area contributed by atoms with Crippen LogP contribution >= 0.6 is 0 Å². The normalized spacial score (nSPS) is 9.12. The minimum atomic E-state index is -0.543. The molecule has 1 amide bonds. The largest absolute Gasteiger partial charge is 0.396 e. The molecule has 0 spiro atoms. The number of carbonyl (C=O) groups is 1.